The van der Waals surface area contributed by atoms with Crippen LogP contribution in [0.5, 0.6) is 0 Å². The lowest BCUT2D eigenvalue weighted by atomic mass is 10.2. The number of methoxy groups -OCH3 is 1. The molecule has 1 aromatic heterocycles. The first-order chi connectivity index (χ1) is 9.60. The van der Waals surface area contributed by atoms with Crippen molar-refractivity contribution >= 4 is 17.6 Å². The van der Waals surface area contributed by atoms with Crippen molar-refractivity contribution in [2.75, 3.05) is 12.4 Å². The van der Waals surface area contributed by atoms with Gasteiger partial charge in [-0.15, -0.1) is 0 Å². The van der Waals surface area contributed by atoms with Gasteiger partial charge in [-0.05, 0) is 36.8 Å². The molecule has 0 radical (unpaired) electrons. The molecule has 1 heterocycles. The Morgan fingerprint density at radius 3 is 2.65 bits per heavy atom. The van der Waals surface area contributed by atoms with E-state index in [0.717, 1.165) is 5.56 Å². The normalized spacial score (nSPS) is 9.90. The fourth-order valence-electron chi connectivity index (χ4n) is 1.72. The van der Waals surface area contributed by atoms with Crippen LogP contribution in [-0.2, 0) is 4.74 Å². The van der Waals surface area contributed by atoms with E-state index in [-0.39, 0.29) is 5.91 Å². The van der Waals surface area contributed by atoms with Gasteiger partial charge in [0.2, 0.25) is 0 Å². The maximum absolute atomic E-state index is 12.0. The molecule has 20 heavy (non-hydrogen) atoms. The molecule has 1 N–H and O–H groups in total. The van der Waals surface area contributed by atoms with Gasteiger partial charge in [-0.3, -0.25) is 9.78 Å². The topological polar surface area (TPSA) is 68.3 Å². The first-order valence-corrected chi connectivity index (χ1v) is 6.01. The molecule has 0 aliphatic heterocycles. The number of esters is 1. The van der Waals surface area contributed by atoms with Crippen LogP contribution in [0.1, 0.15) is 26.3 Å². The van der Waals surface area contributed by atoms with Crippen LogP contribution < -0.4 is 5.32 Å². The number of benzene rings is 1. The Balaban J connectivity index is 2.18. The highest BCUT2D eigenvalue weighted by Gasteiger charge is 2.09. The summed E-state index contributed by atoms with van der Waals surface area (Å²) in [5.41, 5.74) is 2.28. The molecule has 0 saturated carbocycles. The zero-order valence-corrected chi connectivity index (χ0v) is 11.2. The molecule has 2 aromatic rings. The quantitative estimate of drug-likeness (QED) is 0.870. The molecule has 0 saturated heterocycles. The average molecular weight is 270 g/mol. The maximum atomic E-state index is 12.0. The lowest BCUT2D eigenvalue weighted by Crippen LogP contribution is -2.13. The molecule has 1 aromatic carbocycles. The molecule has 0 unspecified atom stereocenters. The minimum absolute atomic E-state index is 0.275. The zero-order chi connectivity index (χ0) is 14.5. The first kappa shape index (κ1) is 13.7. The Bertz CT molecular complexity index is 653. The predicted octanol–water partition coefficient (Wildman–Crippen LogP) is 2.43. The molecule has 0 atom stereocenters. The van der Waals surface area contributed by atoms with Crippen molar-refractivity contribution in [3.8, 4) is 0 Å². The number of hydrogen-bond acceptors (Lipinski definition) is 4. The average Bonchev–Trinajstić information content (AvgIpc) is 2.46. The summed E-state index contributed by atoms with van der Waals surface area (Å²) in [4.78, 5) is 27.4. The zero-order valence-electron chi connectivity index (χ0n) is 11.2. The Morgan fingerprint density at radius 1 is 1.15 bits per heavy atom. The van der Waals surface area contributed by atoms with E-state index in [1.165, 1.54) is 13.3 Å². The van der Waals surface area contributed by atoms with Crippen molar-refractivity contribution in [3.05, 3.63) is 59.4 Å². The SMILES string of the molecule is COC(=O)c1cccc(NC(=O)c2cncc(C)c2)c1. The molecule has 5 heteroatoms. The van der Waals surface area contributed by atoms with E-state index >= 15 is 0 Å². The van der Waals surface area contributed by atoms with E-state index in [0.29, 0.717) is 16.8 Å². The van der Waals surface area contributed by atoms with E-state index in [1.807, 2.05) is 6.92 Å². The summed E-state index contributed by atoms with van der Waals surface area (Å²) in [5.74, 6) is -0.721. The molecule has 1 amide bonds. The molecule has 0 fully saturated rings. The van der Waals surface area contributed by atoms with E-state index in [2.05, 4.69) is 15.0 Å². The lowest BCUT2D eigenvalue weighted by Gasteiger charge is -2.07. The summed E-state index contributed by atoms with van der Waals surface area (Å²) < 4.78 is 4.63. The van der Waals surface area contributed by atoms with Crippen LogP contribution in [0.25, 0.3) is 0 Å². The number of carbonyl (C=O) groups is 2. The number of nitrogens with one attached hydrogen (secondary N) is 1. The maximum Gasteiger partial charge on any atom is 0.337 e. The molecule has 0 aliphatic rings. The third-order valence-corrected chi connectivity index (χ3v) is 2.68. The van der Waals surface area contributed by atoms with Crippen LogP contribution in [0.3, 0.4) is 0 Å². The van der Waals surface area contributed by atoms with Gasteiger partial charge in [-0.1, -0.05) is 6.07 Å². The molecular formula is C15H14N2O3. The number of amides is 1. The number of carbonyl (C=O) groups excluding carboxylic acids is 2. The fraction of sp³-hybridized carbons (Fsp3) is 0.133. The van der Waals surface area contributed by atoms with Gasteiger partial charge < -0.3 is 10.1 Å². The van der Waals surface area contributed by atoms with Gasteiger partial charge in [0.15, 0.2) is 0 Å². The molecule has 0 spiro atoms. The second kappa shape index (κ2) is 5.97. The highest BCUT2D eigenvalue weighted by molar-refractivity contribution is 6.04. The van der Waals surface area contributed by atoms with Gasteiger partial charge in [0.1, 0.15) is 0 Å². The number of aryl methyl sites for hydroxylation is 1. The fourth-order valence-corrected chi connectivity index (χ4v) is 1.72. The molecule has 102 valence electrons. The second-order valence-electron chi connectivity index (χ2n) is 4.28. The van der Waals surface area contributed by atoms with Gasteiger partial charge in [0.25, 0.3) is 5.91 Å². The molecule has 0 aliphatic carbocycles. The minimum Gasteiger partial charge on any atom is -0.465 e. The second-order valence-corrected chi connectivity index (χ2v) is 4.28. The van der Waals surface area contributed by atoms with Crippen LogP contribution in [0.4, 0.5) is 5.69 Å². The number of nitrogens with zero attached hydrogens (tertiary/aromatic N) is 1. The van der Waals surface area contributed by atoms with Crippen LogP contribution in [0.15, 0.2) is 42.7 Å². The van der Waals surface area contributed by atoms with Crippen LogP contribution >= 0.6 is 0 Å². The van der Waals surface area contributed by atoms with Crippen LogP contribution in [0.2, 0.25) is 0 Å². The first-order valence-electron chi connectivity index (χ1n) is 6.01. The standard InChI is InChI=1S/C15H14N2O3/c1-10-6-12(9-16-8-10)14(18)17-13-5-3-4-11(7-13)15(19)20-2/h3-9H,1-2H3,(H,17,18). The van der Waals surface area contributed by atoms with Crippen molar-refractivity contribution in [1.82, 2.24) is 4.98 Å². The van der Waals surface area contributed by atoms with Crippen LogP contribution in [-0.4, -0.2) is 24.0 Å². The largest absolute Gasteiger partial charge is 0.465 e. The van der Waals surface area contributed by atoms with E-state index < -0.39 is 5.97 Å². The Morgan fingerprint density at radius 2 is 1.95 bits per heavy atom. The van der Waals surface area contributed by atoms with Gasteiger partial charge in [0, 0.05) is 18.1 Å². The van der Waals surface area contributed by atoms with Gasteiger partial charge >= 0.3 is 5.97 Å². The Labute approximate surface area is 116 Å². The number of anilines is 1. The molecule has 2 rings (SSSR count). The highest BCUT2D eigenvalue weighted by atomic mass is 16.5. The van der Waals surface area contributed by atoms with Gasteiger partial charge in [0.05, 0.1) is 18.2 Å². The number of aromatic nitrogens is 1. The lowest BCUT2D eigenvalue weighted by molar-refractivity contribution is 0.0600. The Hall–Kier alpha value is -2.69. The number of hydrogen-bond donors (Lipinski definition) is 1. The van der Waals surface area contributed by atoms with Crippen LogP contribution in [0, 0.1) is 6.92 Å². The summed E-state index contributed by atoms with van der Waals surface area (Å²) >= 11 is 0. The smallest absolute Gasteiger partial charge is 0.337 e. The van der Waals surface area contributed by atoms with Crippen molar-refractivity contribution in [2.45, 2.75) is 6.92 Å². The summed E-state index contributed by atoms with van der Waals surface area (Å²) in [6, 6.07) is 8.30. The number of ether oxygens (including phenoxy) is 1. The minimum atomic E-state index is -0.446. The van der Waals surface area contributed by atoms with E-state index in [1.54, 1.807) is 36.5 Å². The van der Waals surface area contributed by atoms with Crippen molar-refractivity contribution in [3.63, 3.8) is 0 Å². The predicted molar refractivity (Wildman–Crippen MR) is 74.7 cm³/mol. The molecule has 0 bridgehead atoms. The van der Waals surface area contributed by atoms with E-state index in [9.17, 15) is 9.59 Å². The number of pyridine rings is 1. The molecular weight excluding hydrogens is 256 g/mol. The summed E-state index contributed by atoms with van der Waals surface area (Å²) in [6.45, 7) is 1.86. The summed E-state index contributed by atoms with van der Waals surface area (Å²) in [6.07, 6.45) is 3.17. The molecule has 5 nitrogen and oxygen atoms in total. The van der Waals surface area contributed by atoms with Gasteiger partial charge in [-0.25, -0.2) is 4.79 Å². The number of rotatable bonds is 3. The highest BCUT2D eigenvalue weighted by Crippen LogP contribution is 2.13. The van der Waals surface area contributed by atoms with Gasteiger partial charge in [-0.2, -0.15) is 0 Å². The summed E-state index contributed by atoms with van der Waals surface area (Å²) in [5, 5.41) is 2.72. The third-order valence-electron chi connectivity index (χ3n) is 2.68. The third kappa shape index (κ3) is 3.20. The monoisotopic (exact) mass is 270 g/mol. The van der Waals surface area contributed by atoms with Crippen molar-refractivity contribution in [1.29, 1.82) is 0 Å². The van der Waals surface area contributed by atoms with Crippen molar-refractivity contribution in [2.24, 2.45) is 0 Å². The summed E-state index contributed by atoms with van der Waals surface area (Å²) in [7, 11) is 1.31. The Kier molecular flexibility index (Phi) is 4.10. The van der Waals surface area contributed by atoms with E-state index in [4.69, 9.17) is 0 Å². The van der Waals surface area contributed by atoms with Crippen molar-refractivity contribution < 1.29 is 14.3 Å².